The van der Waals surface area contributed by atoms with Crippen molar-refractivity contribution in [2.75, 3.05) is 13.1 Å². The Bertz CT molecular complexity index is 606. The molecule has 0 aliphatic carbocycles. The van der Waals surface area contributed by atoms with Gasteiger partial charge in [0, 0.05) is 32.0 Å². The Morgan fingerprint density at radius 2 is 2.35 bits per heavy atom. The largest absolute Gasteiger partial charge is 0.356 e. The van der Waals surface area contributed by atoms with Gasteiger partial charge in [-0.05, 0) is 24.1 Å². The number of nitrogens with one attached hydrogen (secondary N) is 2. The molecular formula is C14H16FN5. The van der Waals surface area contributed by atoms with Crippen LogP contribution in [0.1, 0.15) is 12.0 Å². The van der Waals surface area contributed by atoms with Gasteiger partial charge in [-0.2, -0.15) is 0 Å². The van der Waals surface area contributed by atoms with Gasteiger partial charge in [0.05, 0.1) is 12.0 Å². The third-order valence-corrected chi connectivity index (χ3v) is 3.15. The highest BCUT2D eigenvalue weighted by atomic mass is 19.1. The highest BCUT2D eigenvalue weighted by Crippen LogP contribution is 2.14. The van der Waals surface area contributed by atoms with Crippen LogP contribution in [-0.2, 0) is 6.54 Å². The minimum absolute atomic E-state index is 0.263. The molecule has 0 spiro atoms. The quantitative estimate of drug-likeness (QED) is 0.890. The van der Waals surface area contributed by atoms with Crippen molar-refractivity contribution in [1.29, 1.82) is 0 Å². The predicted molar refractivity (Wildman–Crippen MR) is 75.3 cm³/mol. The fourth-order valence-electron chi connectivity index (χ4n) is 2.11. The highest BCUT2D eigenvalue weighted by Gasteiger charge is 2.07. The van der Waals surface area contributed by atoms with E-state index in [0.29, 0.717) is 12.2 Å². The molecule has 2 aromatic rings. The molecule has 6 heteroatoms. The molecule has 0 atom stereocenters. The molecule has 0 radical (unpaired) electrons. The van der Waals surface area contributed by atoms with Gasteiger partial charge in [-0.25, -0.2) is 9.37 Å². The molecule has 20 heavy (non-hydrogen) atoms. The Balaban J connectivity index is 1.69. The van der Waals surface area contributed by atoms with E-state index >= 15 is 0 Å². The summed E-state index contributed by atoms with van der Waals surface area (Å²) in [4.78, 5) is 8.23. The Labute approximate surface area is 116 Å². The van der Waals surface area contributed by atoms with E-state index in [4.69, 9.17) is 0 Å². The fraction of sp³-hybridized carbons (Fsp3) is 0.286. The molecule has 0 fully saturated rings. The number of hydrogen-bond donors (Lipinski definition) is 2. The number of hydrogen-bond acceptors (Lipinski definition) is 4. The van der Waals surface area contributed by atoms with Crippen LogP contribution in [0.2, 0.25) is 0 Å². The number of aromatic nitrogens is 2. The van der Waals surface area contributed by atoms with Crippen molar-refractivity contribution >= 4 is 5.96 Å². The molecule has 1 aliphatic heterocycles. The second kappa shape index (κ2) is 5.73. The van der Waals surface area contributed by atoms with Gasteiger partial charge in [0.2, 0.25) is 0 Å². The zero-order chi connectivity index (χ0) is 13.8. The average Bonchev–Trinajstić information content (AvgIpc) is 3.00. The molecule has 5 nitrogen and oxygen atoms in total. The van der Waals surface area contributed by atoms with Crippen LogP contribution in [0.25, 0.3) is 5.69 Å². The van der Waals surface area contributed by atoms with E-state index in [0.717, 1.165) is 31.0 Å². The van der Waals surface area contributed by atoms with Gasteiger partial charge in [-0.1, -0.05) is 6.07 Å². The third kappa shape index (κ3) is 2.79. The van der Waals surface area contributed by atoms with E-state index in [1.54, 1.807) is 29.4 Å². The molecule has 0 saturated carbocycles. The Kier molecular flexibility index (Phi) is 3.62. The lowest BCUT2D eigenvalue weighted by molar-refractivity contribution is 0.614. The van der Waals surface area contributed by atoms with Gasteiger partial charge in [0.25, 0.3) is 0 Å². The molecular weight excluding hydrogens is 257 g/mol. The first-order chi connectivity index (χ1) is 9.83. The van der Waals surface area contributed by atoms with Crippen LogP contribution in [0.3, 0.4) is 0 Å². The van der Waals surface area contributed by atoms with E-state index in [2.05, 4.69) is 20.6 Å². The van der Waals surface area contributed by atoms with Gasteiger partial charge < -0.3 is 15.2 Å². The minimum atomic E-state index is -0.263. The molecule has 1 aliphatic rings. The third-order valence-electron chi connectivity index (χ3n) is 3.15. The van der Waals surface area contributed by atoms with Gasteiger partial charge in [-0.15, -0.1) is 0 Å². The van der Waals surface area contributed by atoms with Crippen LogP contribution < -0.4 is 10.6 Å². The fourth-order valence-corrected chi connectivity index (χ4v) is 2.11. The first-order valence-corrected chi connectivity index (χ1v) is 6.62. The lowest BCUT2D eigenvalue weighted by Crippen LogP contribution is -2.40. The maximum atomic E-state index is 14.1. The van der Waals surface area contributed by atoms with E-state index < -0.39 is 0 Å². The smallest absolute Gasteiger partial charge is 0.191 e. The summed E-state index contributed by atoms with van der Waals surface area (Å²) in [5.41, 5.74) is 1.38. The van der Waals surface area contributed by atoms with Crippen molar-refractivity contribution in [2.45, 2.75) is 13.0 Å². The second-order valence-corrected chi connectivity index (χ2v) is 4.62. The van der Waals surface area contributed by atoms with Crippen molar-refractivity contribution in [1.82, 2.24) is 20.2 Å². The summed E-state index contributed by atoms with van der Waals surface area (Å²) in [6.07, 6.45) is 5.98. The topological polar surface area (TPSA) is 54.2 Å². The number of nitrogens with zero attached hydrogens (tertiary/aromatic N) is 3. The summed E-state index contributed by atoms with van der Waals surface area (Å²) < 4.78 is 15.7. The van der Waals surface area contributed by atoms with Gasteiger partial charge in [0.15, 0.2) is 5.96 Å². The summed E-state index contributed by atoms with van der Waals surface area (Å²) in [5.74, 6) is 0.524. The highest BCUT2D eigenvalue weighted by molar-refractivity contribution is 5.80. The van der Waals surface area contributed by atoms with Gasteiger partial charge >= 0.3 is 0 Å². The van der Waals surface area contributed by atoms with Gasteiger partial charge in [0.1, 0.15) is 5.82 Å². The number of halogens is 1. The number of aliphatic imine (C=N–C) groups is 1. The van der Waals surface area contributed by atoms with Crippen LogP contribution in [-0.4, -0.2) is 28.6 Å². The summed E-state index contributed by atoms with van der Waals surface area (Å²) in [5, 5.41) is 6.34. The number of rotatable bonds is 3. The van der Waals surface area contributed by atoms with Crippen molar-refractivity contribution in [2.24, 2.45) is 4.99 Å². The van der Waals surface area contributed by atoms with E-state index in [1.807, 2.05) is 6.07 Å². The van der Waals surface area contributed by atoms with Crippen molar-refractivity contribution in [3.05, 3.63) is 48.3 Å². The maximum Gasteiger partial charge on any atom is 0.191 e. The van der Waals surface area contributed by atoms with Crippen LogP contribution in [0, 0.1) is 5.82 Å². The molecule has 0 amide bonds. The van der Waals surface area contributed by atoms with Crippen LogP contribution in [0.5, 0.6) is 0 Å². The first-order valence-electron chi connectivity index (χ1n) is 6.62. The number of guanidine groups is 1. The summed E-state index contributed by atoms with van der Waals surface area (Å²) in [7, 11) is 0. The monoisotopic (exact) mass is 273 g/mol. The van der Waals surface area contributed by atoms with E-state index in [-0.39, 0.29) is 5.82 Å². The first kappa shape index (κ1) is 12.7. The lowest BCUT2D eigenvalue weighted by Gasteiger charge is -2.16. The molecule has 104 valence electrons. The predicted octanol–water partition coefficient (Wildman–Crippen LogP) is 1.45. The number of imidazole rings is 1. The van der Waals surface area contributed by atoms with Crippen molar-refractivity contribution in [3.63, 3.8) is 0 Å². The summed E-state index contributed by atoms with van der Waals surface area (Å²) in [6.45, 7) is 2.32. The van der Waals surface area contributed by atoms with E-state index in [1.165, 1.54) is 6.07 Å². The minimum Gasteiger partial charge on any atom is -0.356 e. The second-order valence-electron chi connectivity index (χ2n) is 4.62. The average molecular weight is 273 g/mol. The van der Waals surface area contributed by atoms with E-state index in [9.17, 15) is 4.39 Å². The molecule has 2 N–H and O–H groups in total. The van der Waals surface area contributed by atoms with Crippen molar-refractivity contribution in [3.8, 4) is 5.69 Å². The molecule has 2 heterocycles. The summed E-state index contributed by atoms with van der Waals surface area (Å²) >= 11 is 0. The van der Waals surface area contributed by atoms with Crippen LogP contribution in [0.15, 0.2) is 41.9 Å². The Hall–Kier alpha value is -2.37. The SMILES string of the molecule is Fc1cc(CNC2=NCCCN2)ccc1-n1ccnc1. The molecule has 0 saturated heterocycles. The Morgan fingerprint density at radius 3 is 3.05 bits per heavy atom. The van der Waals surface area contributed by atoms with Crippen LogP contribution in [0.4, 0.5) is 4.39 Å². The van der Waals surface area contributed by atoms with Gasteiger partial charge in [-0.3, -0.25) is 4.99 Å². The maximum absolute atomic E-state index is 14.1. The standard InChI is InChI=1S/C14H16FN5/c15-12-8-11(9-19-14-17-4-1-5-18-14)2-3-13(12)20-7-6-16-10-20/h2-3,6-8,10H,1,4-5,9H2,(H2,17,18,19). The van der Waals surface area contributed by atoms with Crippen LogP contribution >= 0.6 is 0 Å². The molecule has 1 aromatic carbocycles. The lowest BCUT2D eigenvalue weighted by atomic mass is 10.2. The normalized spacial score (nSPS) is 14.6. The Morgan fingerprint density at radius 1 is 1.40 bits per heavy atom. The molecule has 1 aromatic heterocycles. The zero-order valence-corrected chi connectivity index (χ0v) is 11.0. The molecule has 0 bridgehead atoms. The number of benzene rings is 1. The van der Waals surface area contributed by atoms with Crippen molar-refractivity contribution < 1.29 is 4.39 Å². The summed E-state index contributed by atoms with van der Waals surface area (Å²) in [6, 6.07) is 5.19. The molecule has 0 unspecified atom stereocenters. The zero-order valence-electron chi connectivity index (χ0n) is 11.0. The molecule has 3 rings (SSSR count).